The van der Waals surface area contributed by atoms with E-state index in [1.165, 1.54) is 5.56 Å². The van der Waals surface area contributed by atoms with Crippen molar-refractivity contribution < 1.29 is 14.6 Å². The Morgan fingerprint density at radius 3 is 2.35 bits per heavy atom. The lowest BCUT2D eigenvalue weighted by atomic mass is 9.98. The highest BCUT2D eigenvalue weighted by Crippen LogP contribution is 2.42. The van der Waals surface area contributed by atoms with Gasteiger partial charge >= 0.3 is 0 Å². The van der Waals surface area contributed by atoms with Crippen molar-refractivity contribution in [2.24, 2.45) is 0 Å². The van der Waals surface area contributed by atoms with Crippen LogP contribution in [0.15, 0.2) is 36.1 Å². The number of phenolic OH excluding ortho intramolecular Hbond substituents is 1. The molecule has 0 aliphatic carbocycles. The van der Waals surface area contributed by atoms with Crippen LogP contribution in [0.1, 0.15) is 59.3 Å². The van der Waals surface area contributed by atoms with Crippen molar-refractivity contribution in [2.45, 2.75) is 40.2 Å². The van der Waals surface area contributed by atoms with Crippen molar-refractivity contribution >= 4 is 11.9 Å². The first-order valence-electron chi connectivity index (χ1n) is 11.2. The van der Waals surface area contributed by atoms with Crippen molar-refractivity contribution in [3.8, 4) is 11.5 Å². The standard InChI is InChI=1S/C26H32N2O3/c1-5-27-10-12-28(13-11-27)16-21-22(29)14-18(4)24-25(30)23(31-26(21)24)15-19-6-8-20(9-7-19)17(2)3/h6-9,14-15,17,29H,5,10-13,16H2,1-4H3/b23-15-. The zero-order valence-electron chi connectivity index (χ0n) is 18.9. The van der Waals surface area contributed by atoms with Gasteiger partial charge in [0.1, 0.15) is 11.5 Å². The number of benzene rings is 2. The number of nitrogens with zero attached hydrogens (tertiary/aromatic N) is 2. The number of allylic oxidation sites excluding steroid dienone is 1. The fourth-order valence-electron chi connectivity index (χ4n) is 4.35. The van der Waals surface area contributed by atoms with Gasteiger partial charge in [-0.1, -0.05) is 45.0 Å². The van der Waals surface area contributed by atoms with Gasteiger partial charge in [0, 0.05) is 32.7 Å². The molecule has 5 heteroatoms. The number of aryl methyl sites for hydroxylation is 1. The molecule has 31 heavy (non-hydrogen) atoms. The van der Waals surface area contributed by atoms with Gasteiger partial charge in [-0.3, -0.25) is 9.69 Å². The molecule has 0 spiro atoms. The summed E-state index contributed by atoms with van der Waals surface area (Å²) in [5.74, 6) is 1.38. The van der Waals surface area contributed by atoms with Crippen molar-refractivity contribution in [1.82, 2.24) is 9.80 Å². The summed E-state index contributed by atoms with van der Waals surface area (Å²) >= 11 is 0. The van der Waals surface area contributed by atoms with Crippen LogP contribution in [0.2, 0.25) is 0 Å². The van der Waals surface area contributed by atoms with Gasteiger partial charge in [-0.25, -0.2) is 0 Å². The molecule has 164 valence electrons. The number of phenols is 1. The SMILES string of the molecule is CCN1CCN(Cc2c(O)cc(C)c3c2O/C(=C\c2ccc(C(C)C)cc2)C3=O)CC1. The molecule has 1 saturated heterocycles. The number of piperazine rings is 1. The molecule has 2 aromatic carbocycles. The smallest absolute Gasteiger partial charge is 0.232 e. The van der Waals surface area contributed by atoms with Crippen molar-refractivity contribution in [2.75, 3.05) is 32.7 Å². The van der Waals surface area contributed by atoms with E-state index in [9.17, 15) is 9.90 Å². The molecule has 0 amide bonds. The predicted molar refractivity (Wildman–Crippen MR) is 124 cm³/mol. The summed E-state index contributed by atoms with van der Waals surface area (Å²) in [7, 11) is 0. The van der Waals surface area contributed by atoms with Gasteiger partial charge in [0.05, 0.1) is 11.1 Å². The van der Waals surface area contributed by atoms with E-state index in [-0.39, 0.29) is 11.5 Å². The van der Waals surface area contributed by atoms with Gasteiger partial charge < -0.3 is 14.7 Å². The minimum Gasteiger partial charge on any atom is -0.507 e. The van der Waals surface area contributed by atoms with E-state index in [1.54, 1.807) is 12.1 Å². The van der Waals surface area contributed by atoms with Crippen LogP contribution in [-0.2, 0) is 6.54 Å². The first kappa shape index (κ1) is 21.6. The number of rotatable bonds is 5. The Hall–Kier alpha value is -2.63. The summed E-state index contributed by atoms with van der Waals surface area (Å²) in [4.78, 5) is 17.9. The lowest BCUT2D eigenvalue weighted by molar-refractivity contribution is 0.101. The Kier molecular flexibility index (Phi) is 6.17. The van der Waals surface area contributed by atoms with Crippen LogP contribution in [0.3, 0.4) is 0 Å². The summed E-state index contributed by atoms with van der Waals surface area (Å²) in [6, 6.07) is 9.89. The molecule has 0 radical (unpaired) electrons. The molecule has 0 atom stereocenters. The van der Waals surface area contributed by atoms with Crippen molar-refractivity contribution in [3.05, 3.63) is 63.9 Å². The molecular weight excluding hydrogens is 388 g/mol. The average molecular weight is 421 g/mol. The normalized spacial score (nSPS) is 18.6. The second kappa shape index (κ2) is 8.85. The van der Waals surface area contributed by atoms with Crippen LogP contribution in [0.4, 0.5) is 0 Å². The van der Waals surface area contributed by atoms with Gasteiger partial charge in [0.15, 0.2) is 5.76 Å². The molecule has 5 nitrogen and oxygen atoms in total. The second-order valence-corrected chi connectivity index (χ2v) is 8.87. The van der Waals surface area contributed by atoms with Crippen LogP contribution in [-0.4, -0.2) is 53.4 Å². The highest BCUT2D eigenvalue weighted by molar-refractivity contribution is 6.15. The number of ketones is 1. The molecule has 1 fully saturated rings. The van der Waals surface area contributed by atoms with E-state index < -0.39 is 0 Å². The summed E-state index contributed by atoms with van der Waals surface area (Å²) < 4.78 is 6.09. The third-order valence-corrected chi connectivity index (χ3v) is 6.42. The number of fused-ring (bicyclic) bond motifs is 1. The quantitative estimate of drug-likeness (QED) is 0.718. The van der Waals surface area contributed by atoms with E-state index in [4.69, 9.17) is 4.74 Å². The Bertz CT molecular complexity index is 1000. The van der Waals surface area contributed by atoms with Gasteiger partial charge in [0.25, 0.3) is 0 Å². The highest BCUT2D eigenvalue weighted by Gasteiger charge is 2.34. The lowest BCUT2D eigenvalue weighted by Gasteiger charge is -2.34. The first-order valence-corrected chi connectivity index (χ1v) is 11.2. The molecular formula is C26H32N2O3. The molecule has 0 saturated carbocycles. The van der Waals surface area contributed by atoms with Crippen LogP contribution in [0, 0.1) is 6.92 Å². The van der Waals surface area contributed by atoms with Crippen molar-refractivity contribution in [1.29, 1.82) is 0 Å². The van der Waals surface area contributed by atoms with Crippen molar-refractivity contribution in [3.63, 3.8) is 0 Å². The fourth-order valence-corrected chi connectivity index (χ4v) is 4.35. The molecule has 0 bridgehead atoms. The summed E-state index contributed by atoms with van der Waals surface area (Å²) in [6.07, 6.45) is 1.80. The third-order valence-electron chi connectivity index (χ3n) is 6.42. The number of carbonyl (C=O) groups is 1. The zero-order chi connectivity index (χ0) is 22.1. The molecule has 0 aromatic heterocycles. The minimum absolute atomic E-state index is 0.113. The Balaban J connectivity index is 1.60. The van der Waals surface area contributed by atoms with E-state index in [0.29, 0.717) is 35.1 Å². The monoisotopic (exact) mass is 420 g/mol. The fraction of sp³-hybridized carbons (Fsp3) is 0.423. The second-order valence-electron chi connectivity index (χ2n) is 8.87. The minimum atomic E-state index is -0.113. The Labute approximate surface area is 184 Å². The number of aromatic hydroxyl groups is 1. The van der Waals surface area contributed by atoms with Gasteiger partial charge in [0.2, 0.25) is 5.78 Å². The van der Waals surface area contributed by atoms with Gasteiger partial charge in [-0.05, 0) is 48.2 Å². The molecule has 2 aromatic rings. The number of hydrogen-bond donors (Lipinski definition) is 1. The molecule has 2 heterocycles. The maximum atomic E-state index is 13.1. The maximum absolute atomic E-state index is 13.1. The average Bonchev–Trinajstić information content (AvgIpc) is 3.08. The largest absolute Gasteiger partial charge is 0.507 e. The van der Waals surface area contributed by atoms with Gasteiger partial charge in [-0.15, -0.1) is 0 Å². The molecule has 0 unspecified atom stereocenters. The number of ether oxygens (including phenoxy) is 1. The van der Waals surface area contributed by atoms with Crippen LogP contribution in [0.5, 0.6) is 11.5 Å². The van der Waals surface area contributed by atoms with Crippen LogP contribution >= 0.6 is 0 Å². The van der Waals surface area contributed by atoms with Crippen LogP contribution < -0.4 is 4.74 Å². The van der Waals surface area contributed by atoms with E-state index in [2.05, 4.69) is 42.7 Å². The Morgan fingerprint density at radius 1 is 1.10 bits per heavy atom. The lowest BCUT2D eigenvalue weighted by Crippen LogP contribution is -2.45. The Morgan fingerprint density at radius 2 is 1.74 bits per heavy atom. The maximum Gasteiger partial charge on any atom is 0.232 e. The highest BCUT2D eigenvalue weighted by atomic mass is 16.5. The number of hydrogen-bond acceptors (Lipinski definition) is 5. The van der Waals surface area contributed by atoms with Gasteiger partial charge in [-0.2, -0.15) is 0 Å². The molecule has 2 aliphatic heterocycles. The van der Waals surface area contributed by atoms with E-state index >= 15 is 0 Å². The summed E-state index contributed by atoms with van der Waals surface area (Å²) in [5, 5.41) is 10.7. The molecule has 4 rings (SSSR count). The van der Waals surface area contributed by atoms with E-state index in [0.717, 1.165) is 43.9 Å². The summed E-state index contributed by atoms with van der Waals surface area (Å²) in [6.45, 7) is 13.9. The number of carbonyl (C=O) groups excluding carboxylic acids is 1. The topological polar surface area (TPSA) is 53.0 Å². The van der Waals surface area contributed by atoms with E-state index in [1.807, 2.05) is 19.1 Å². The third kappa shape index (κ3) is 4.39. The first-order chi connectivity index (χ1) is 14.9. The predicted octanol–water partition coefficient (Wildman–Crippen LogP) is 4.58. The number of Topliss-reactive ketones (excluding diaryl/α,β-unsaturated/α-hetero) is 1. The van der Waals surface area contributed by atoms with Crippen LogP contribution in [0.25, 0.3) is 6.08 Å². The molecule has 2 aliphatic rings. The summed E-state index contributed by atoms with van der Waals surface area (Å²) in [5.41, 5.74) is 4.22. The number of likely N-dealkylation sites (N-methyl/N-ethyl adjacent to an activating group) is 1. The zero-order valence-corrected chi connectivity index (χ0v) is 18.9. The molecule has 1 N–H and O–H groups in total.